The normalized spacial score (nSPS) is 9.58. The van der Waals surface area contributed by atoms with Gasteiger partial charge in [0.15, 0.2) is 15.3 Å². The summed E-state index contributed by atoms with van der Waals surface area (Å²) in [4.78, 5) is 15.0. The summed E-state index contributed by atoms with van der Waals surface area (Å²) in [5, 5.41) is 0. The van der Waals surface area contributed by atoms with Crippen LogP contribution in [0.3, 0.4) is 0 Å². The Morgan fingerprint density at radius 2 is 1.63 bits per heavy atom. The zero-order valence-corrected chi connectivity index (χ0v) is 14.6. The second-order valence-corrected chi connectivity index (χ2v) is 5.28. The first-order valence-electron chi connectivity index (χ1n) is 4.80. The lowest BCUT2D eigenvalue weighted by Gasteiger charge is -2.00. The van der Waals surface area contributed by atoms with E-state index in [-0.39, 0.29) is 4.60 Å². The van der Waals surface area contributed by atoms with E-state index in [2.05, 4.69) is 67.7 Å². The van der Waals surface area contributed by atoms with Crippen LogP contribution in [0.5, 0.6) is 5.88 Å². The molecule has 0 fully saturated rings. The van der Waals surface area contributed by atoms with Crippen molar-refractivity contribution in [2.45, 2.75) is 6.92 Å². The maximum atomic E-state index is 12.3. The molecule has 102 valence electrons. The van der Waals surface area contributed by atoms with Crippen LogP contribution in [0, 0.1) is 12.7 Å². The van der Waals surface area contributed by atoms with Crippen LogP contribution in [0.15, 0.2) is 26.5 Å². The maximum absolute atomic E-state index is 12.3. The molecule has 9 heteroatoms. The zero-order valence-electron chi connectivity index (χ0n) is 9.86. The Hall–Kier alpha value is -0.670. The summed E-state index contributed by atoms with van der Waals surface area (Å²) < 4.78 is 18.3. The third-order valence-corrected chi connectivity index (χ3v) is 3.08. The first-order chi connectivity index (χ1) is 8.93. The lowest BCUT2D eigenvalue weighted by molar-refractivity contribution is 0.392. The number of nitrogens with zero attached hydrogens (tertiary/aromatic N) is 4. The van der Waals surface area contributed by atoms with Gasteiger partial charge in [-0.1, -0.05) is 0 Å². The van der Waals surface area contributed by atoms with Crippen molar-refractivity contribution >= 4 is 47.8 Å². The SMILES string of the molecule is COc1nc(Br)ncc1C.Fc1cnc(Br)nc1Br. The average molecular weight is 459 g/mol. The molecule has 5 nitrogen and oxygen atoms in total. The van der Waals surface area contributed by atoms with Crippen molar-refractivity contribution in [2.75, 3.05) is 7.11 Å². The van der Waals surface area contributed by atoms with Gasteiger partial charge in [-0.25, -0.2) is 19.3 Å². The molecule has 2 aromatic rings. The monoisotopic (exact) mass is 456 g/mol. The second kappa shape index (κ2) is 7.81. The molecule has 0 aliphatic carbocycles. The van der Waals surface area contributed by atoms with Crippen molar-refractivity contribution < 1.29 is 9.13 Å². The van der Waals surface area contributed by atoms with Crippen LogP contribution < -0.4 is 4.74 Å². The van der Waals surface area contributed by atoms with Crippen LogP contribution in [0.4, 0.5) is 4.39 Å². The Morgan fingerprint density at radius 1 is 1.05 bits per heavy atom. The highest BCUT2D eigenvalue weighted by molar-refractivity contribution is 9.11. The number of methoxy groups -OCH3 is 1. The molecule has 2 aromatic heterocycles. The number of aromatic nitrogens is 4. The molecule has 0 aliphatic heterocycles. The number of aryl methyl sites for hydroxylation is 1. The molecule has 2 rings (SSSR count). The summed E-state index contributed by atoms with van der Waals surface area (Å²) in [5.74, 6) is 0.153. The quantitative estimate of drug-likeness (QED) is 0.482. The van der Waals surface area contributed by atoms with Crippen molar-refractivity contribution in [1.29, 1.82) is 0 Å². The summed E-state index contributed by atoms with van der Waals surface area (Å²) in [6, 6.07) is 0. The van der Waals surface area contributed by atoms with Gasteiger partial charge in [-0.2, -0.15) is 4.98 Å². The van der Waals surface area contributed by atoms with Crippen LogP contribution in [-0.2, 0) is 0 Å². The maximum Gasteiger partial charge on any atom is 0.220 e. The van der Waals surface area contributed by atoms with E-state index in [0.29, 0.717) is 15.3 Å². The highest BCUT2D eigenvalue weighted by Crippen LogP contribution is 2.14. The molecule has 0 aromatic carbocycles. The van der Waals surface area contributed by atoms with E-state index in [1.54, 1.807) is 13.3 Å². The average Bonchev–Trinajstić information content (AvgIpc) is 2.38. The van der Waals surface area contributed by atoms with Gasteiger partial charge in [0.1, 0.15) is 4.60 Å². The summed E-state index contributed by atoms with van der Waals surface area (Å²) in [6.45, 7) is 1.89. The standard InChI is InChI=1S/C6H7BrN2O.C4HBr2FN2/c1-4-3-8-6(7)9-5(4)10-2;5-3-2(7)1-8-4(6)9-3/h3H,1-2H3;1H. The van der Waals surface area contributed by atoms with E-state index >= 15 is 0 Å². The molecule has 0 saturated heterocycles. The number of ether oxygens (including phenoxy) is 1. The fourth-order valence-electron chi connectivity index (χ4n) is 0.939. The van der Waals surface area contributed by atoms with Gasteiger partial charge in [0.2, 0.25) is 5.88 Å². The zero-order chi connectivity index (χ0) is 14.4. The van der Waals surface area contributed by atoms with Crippen molar-refractivity contribution in [1.82, 2.24) is 19.9 Å². The van der Waals surface area contributed by atoms with E-state index in [9.17, 15) is 4.39 Å². The van der Waals surface area contributed by atoms with E-state index in [1.165, 1.54) is 0 Å². The van der Waals surface area contributed by atoms with Crippen molar-refractivity contribution in [2.24, 2.45) is 0 Å². The predicted octanol–water partition coefficient (Wildman–Crippen LogP) is 3.70. The van der Waals surface area contributed by atoms with Crippen molar-refractivity contribution in [3.63, 3.8) is 0 Å². The number of rotatable bonds is 1. The molecule has 0 radical (unpaired) electrons. The molecule has 0 atom stereocenters. The van der Waals surface area contributed by atoms with Gasteiger partial charge in [0.25, 0.3) is 0 Å². The lowest BCUT2D eigenvalue weighted by Crippen LogP contribution is -1.92. The predicted molar refractivity (Wildman–Crippen MR) is 78.4 cm³/mol. The largest absolute Gasteiger partial charge is 0.481 e. The van der Waals surface area contributed by atoms with Crippen LogP contribution in [0.2, 0.25) is 0 Å². The fraction of sp³-hybridized carbons (Fsp3) is 0.200. The van der Waals surface area contributed by atoms with E-state index in [4.69, 9.17) is 4.74 Å². The molecule has 0 N–H and O–H groups in total. The summed E-state index contributed by atoms with van der Waals surface area (Å²) in [6.07, 6.45) is 2.79. The Kier molecular flexibility index (Phi) is 6.73. The van der Waals surface area contributed by atoms with E-state index in [0.717, 1.165) is 11.8 Å². The van der Waals surface area contributed by atoms with Crippen LogP contribution in [0.1, 0.15) is 5.56 Å². The molecule has 0 bridgehead atoms. The van der Waals surface area contributed by atoms with E-state index in [1.807, 2.05) is 6.92 Å². The Bertz CT molecular complexity index is 570. The number of hydrogen-bond acceptors (Lipinski definition) is 5. The summed E-state index contributed by atoms with van der Waals surface area (Å²) >= 11 is 9.00. The number of halogens is 4. The molecule has 19 heavy (non-hydrogen) atoms. The minimum atomic E-state index is -0.460. The molecule has 0 amide bonds. The smallest absolute Gasteiger partial charge is 0.220 e. The molecule has 0 aliphatic rings. The molecule has 2 heterocycles. The lowest BCUT2D eigenvalue weighted by atomic mass is 10.4. The third-order valence-electron chi connectivity index (χ3n) is 1.76. The highest BCUT2D eigenvalue weighted by Gasteiger charge is 2.00. The van der Waals surface area contributed by atoms with Gasteiger partial charge < -0.3 is 4.74 Å². The number of hydrogen-bond donors (Lipinski definition) is 0. The minimum absolute atomic E-state index is 0.171. The summed E-state index contributed by atoms with van der Waals surface area (Å²) in [7, 11) is 1.59. The Morgan fingerprint density at radius 3 is 2.11 bits per heavy atom. The fourth-order valence-corrected chi connectivity index (χ4v) is 1.99. The molecule has 0 unspecified atom stereocenters. The van der Waals surface area contributed by atoms with Crippen LogP contribution >= 0.6 is 47.8 Å². The minimum Gasteiger partial charge on any atom is -0.481 e. The molecular formula is C10H8Br3FN4O. The van der Waals surface area contributed by atoms with Crippen molar-refractivity contribution in [3.8, 4) is 5.88 Å². The first-order valence-corrected chi connectivity index (χ1v) is 7.18. The van der Waals surface area contributed by atoms with Gasteiger partial charge in [0, 0.05) is 11.8 Å². The van der Waals surface area contributed by atoms with Gasteiger partial charge in [-0.05, 0) is 54.7 Å². The highest BCUT2D eigenvalue weighted by atomic mass is 79.9. The van der Waals surface area contributed by atoms with Crippen LogP contribution in [0.25, 0.3) is 0 Å². The Balaban J connectivity index is 0.000000191. The second-order valence-electron chi connectivity index (χ2n) is 3.11. The molecule has 0 saturated carbocycles. The third kappa shape index (κ3) is 5.45. The van der Waals surface area contributed by atoms with Crippen LogP contribution in [-0.4, -0.2) is 27.0 Å². The molecule has 0 spiro atoms. The Labute approximate surface area is 134 Å². The van der Waals surface area contributed by atoms with Gasteiger partial charge in [-0.3, -0.25) is 0 Å². The topological polar surface area (TPSA) is 60.8 Å². The first kappa shape index (κ1) is 16.4. The van der Waals surface area contributed by atoms with Gasteiger partial charge in [0.05, 0.1) is 13.3 Å². The molecular weight excluding hydrogens is 451 g/mol. The van der Waals surface area contributed by atoms with Gasteiger partial charge in [-0.15, -0.1) is 0 Å². The van der Waals surface area contributed by atoms with Gasteiger partial charge >= 0.3 is 0 Å². The van der Waals surface area contributed by atoms with E-state index < -0.39 is 5.82 Å². The van der Waals surface area contributed by atoms with Crippen molar-refractivity contribution in [3.05, 3.63) is 37.8 Å². The summed E-state index contributed by atoms with van der Waals surface area (Å²) in [5.41, 5.74) is 0.936.